The van der Waals surface area contributed by atoms with Gasteiger partial charge in [0.1, 0.15) is 5.78 Å². The Morgan fingerprint density at radius 2 is 1.96 bits per heavy atom. The molecule has 0 bridgehead atoms. The van der Waals surface area contributed by atoms with Gasteiger partial charge in [0.2, 0.25) is 0 Å². The summed E-state index contributed by atoms with van der Waals surface area (Å²) < 4.78 is 0. The molecule has 27 heavy (non-hydrogen) atoms. The number of hydrogen-bond acceptors (Lipinski definition) is 4. The van der Waals surface area contributed by atoms with Gasteiger partial charge in [-0.25, -0.2) is 0 Å². The Hall–Kier alpha value is -1.46. The Morgan fingerprint density at radius 3 is 2.67 bits per heavy atom. The molecule has 0 amide bonds. The minimum absolute atomic E-state index is 0.0868. The maximum atomic E-state index is 12.2. The van der Waals surface area contributed by atoms with Crippen LogP contribution < -0.4 is 0 Å². The van der Waals surface area contributed by atoms with Crippen molar-refractivity contribution in [1.82, 2.24) is 0 Å². The average molecular weight is 381 g/mol. The minimum Gasteiger partial charge on any atom is -0.481 e. The number of aliphatic carboxylic acids is 1. The zero-order valence-corrected chi connectivity index (χ0v) is 16.6. The van der Waals surface area contributed by atoms with Crippen LogP contribution >= 0.6 is 0 Å². The van der Waals surface area contributed by atoms with Crippen LogP contribution in [0.4, 0.5) is 0 Å². The number of hydrogen-bond donors (Lipinski definition) is 3. The van der Waals surface area contributed by atoms with Crippen molar-refractivity contribution < 1.29 is 24.9 Å². The van der Waals surface area contributed by atoms with Gasteiger partial charge < -0.3 is 15.3 Å². The van der Waals surface area contributed by atoms with E-state index in [2.05, 4.69) is 6.92 Å². The van der Waals surface area contributed by atoms with E-state index in [-0.39, 0.29) is 30.5 Å². The van der Waals surface area contributed by atoms with Gasteiger partial charge in [0.05, 0.1) is 12.2 Å². The summed E-state index contributed by atoms with van der Waals surface area (Å²) in [6, 6.07) is 0. The molecule has 0 aromatic heterocycles. The Morgan fingerprint density at radius 1 is 1.19 bits per heavy atom. The summed E-state index contributed by atoms with van der Waals surface area (Å²) in [5, 5.41) is 28.8. The number of Topliss-reactive ketones (excluding diaryl/α,β-unsaturated/α-hetero) is 1. The molecule has 0 heterocycles. The molecule has 1 fully saturated rings. The summed E-state index contributed by atoms with van der Waals surface area (Å²) in [5.74, 6) is -1.11. The lowest BCUT2D eigenvalue weighted by atomic mass is 9.90. The summed E-state index contributed by atoms with van der Waals surface area (Å²) in [5.41, 5.74) is 0. The van der Waals surface area contributed by atoms with Crippen LogP contribution in [0, 0.1) is 11.8 Å². The number of carboxylic acids is 1. The van der Waals surface area contributed by atoms with Gasteiger partial charge in [-0.3, -0.25) is 9.59 Å². The highest BCUT2D eigenvalue weighted by Gasteiger charge is 2.39. The number of aliphatic hydroxyl groups is 2. The number of ketones is 1. The van der Waals surface area contributed by atoms with Crippen molar-refractivity contribution in [3.05, 3.63) is 24.3 Å². The number of allylic oxidation sites excluding steroid dienone is 2. The van der Waals surface area contributed by atoms with E-state index in [1.807, 2.05) is 18.2 Å². The molecule has 1 saturated carbocycles. The van der Waals surface area contributed by atoms with Gasteiger partial charge >= 0.3 is 5.97 Å². The summed E-state index contributed by atoms with van der Waals surface area (Å²) in [4.78, 5) is 22.6. The van der Waals surface area contributed by atoms with Gasteiger partial charge in [-0.1, -0.05) is 56.9 Å². The molecule has 3 N–H and O–H groups in total. The first kappa shape index (κ1) is 23.6. The van der Waals surface area contributed by atoms with Gasteiger partial charge in [0.25, 0.3) is 0 Å². The number of rotatable bonds is 14. The molecule has 0 spiro atoms. The predicted octanol–water partition coefficient (Wildman–Crippen LogP) is 4.03. The first-order chi connectivity index (χ1) is 13.0. The van der Waals surface area contributed by atoms with Gasteiger partial charge in [-0.15, -0.1) is 0 Å². The molecule has 5 nitrogen and oxygen atoms in total. The highest BCUT2D eigenvalue weighted by atomic mass is 16.4. The second-order valence-corrected chi connectivity index (χ2v) is 7.57. The van der Waals surface area contributed by atoms with E-state index < -0.39 is 18.2 Å². The van der Waals surface area contributed by atoms with Crippen LogP contribution in [-0.4, -0.2) is 39.3 Å². The second kappa shape index (κ2) is 13.7. The zero-order chi connectivity index (χ0) is 20.1. The second-order valence-electron chi connectivity index (χ2n) is 7.57. The van der Waals surface area contributed by atoms with Crippen molar-refractivity contribution in [2.75, 3.05) is 0 Å². The predicted molar refractivity (Wildman–Crippen MR) is 106 cm³/mol. The smallest absolute Gasteiger partial charge is 0.303 e. The third-order valence-electron chi connectivity index (χ3n) is 5.21. The van der Waals surface area contributed by atoms with Crippen LogP contribution in [-0.2, 0) is 9.59 Å². The number of aliphatic hydroxyl groups excluding tert-OH is 2. The molecule has 1 unspecified atom stereocenters. The molecular formula is C22H36O5. The van der Waals surface area contributed by atoms with E-state index in [9.17, 15) is 19.8 Å². The maximum absolute atomic E-state index is 12.2. The SMILES string of the molecule is CCCCC[C@H](O)C=C[C@@H]1C(CC=CCCCCCC(=O)O)C(=O)C[C@H]1O. The van der Waals surface area contributed by atoms with Crippen molar-refractivity contribution in [2.45, 2.75) is 89.8 Å². The fourth-order valence-corrected chi connectivity index (χ4v) is 3.56. The van der Waals surface area contributed by atoms with Crippen LogP contribution in [0.2, 0.25) is 0 Å². The summed E-state index contributed by atoms with van der Waals surface area (Å²) in [7, 11) is 0. The summed E-state index contributed by atoms with van der Waals surface area (Å²) in [6.45, 7) is 2.12. The lowest BCUT2D eigenvalue weighted by molar-refractivity contribution is -0.137. The number of carbonyl (C=O) groups is 2. The van der Waals surface area contributed by atoms with Gasteiger partial charge in [-0.05, 0) is 32.1 Å². The molecule has 0 aliphatic heterocycles. The molecule has 0 saturated heterocycles. The molecule has 0 aromatic rings. The van der Waals surface area contributed by atoms with E-state index in [0.717, 1.165) is 38.5 Å². The first-order valence-electron chi connectivity index (χ1n) is 10.4. The standard InChI is InChI=1S/C22H36O5/c1-2-3-8-11-17(23)14-15-19-18(20(24)16-21(19)25)12-9-6-4-5-7-10-13-22(26)27/h6,9,14-15,17-19,21,23,25H,2-5,7-8,10-13,16H2,1H3,(H,26,27)/t17-,18?,19+,21+/m0/s1. The largest absolute Gasteiger partial charge is 0.481 e. The van der Waals surface area contributed by atoms with Crippen LogP contribution in [0.5, 0.6) is 0 Å². The Labute approximate surface area is 163 Å². The zero-order valence-electron chi connectivity index (χ0n) is 16.6. The van der Waals surface area contributed by atoms with Gasteiger partial charge in [0.15, 0.2) is 0 Å². The summed E-state index contributed by atoms with van der Waals surface area (Å²) >= 11 is 0. The van der Waals surface area contributed by atoms with Crippen molar-refractivity contribution in [2.24, 2.45) is 11.8 Å². The van der Waals surface area contributed by atoms with E-state index in [1.165, 1.54) is 0 Å². The average Bonchev–Trinajstić information content (AvgIpc) is 2.88. The number of carbonyl (C=O) groups excluding carboxylic acids is 1. The Balaban J connectivity index is 2.39. The molecule has 1 aliphatic carbocycles. The number of carboxylic acid groups (broad SMARTS) is 1. The molecule has 4 atom stereocenters. The fraction of sp³-hybridized carbons (Fsp3) is 0.727. The van der Waals surface area contributed by atoms with E-state index >= 15 is 0 Å². The van der Waals surface area contributed by atoms with Crippen LogP contribution in [0.1, 0.15) is 77.6 Å². The Bertz CT molecular complexity index is 497. The molecule has 1 rings (SSSR count). The minimum atomic E-state index is -0.751. The maximum Gasteiger partial charge on any atom is 0.303 e. The lowest BCUT2D eigenvalue weighted by Gasteiger charge is -2.16. The fourth-order valence-electron chi connectivity index (χ4n) is 3.56. The van der Waals surface area contributed by atoms with E-state index in [0.29, 0.717) is 19.3 Å². The van der Waals surface area contributed by atoms with Gasteiger partial charge in [-0.2, -0.15) is 0 Å². The van der Waals surface area contributed by atoms with Crippen LogP contribution in [0.3, 0.4) is 0 Å². The lowest BCUT2D eigenvalue weighted by Crippen LogP contribution is -2.18. The molecule has 1 aliphatic rings. The highest BCUT2D eigenvalue weighted by Crippen LogP contribution is 2.33. The van der Waals surface area contributed by atoms with Crippen LogP contribution in [0.15, 0.2) is 24.3 Å². The first-order valence-corrected chi connectivity index (χ1v) is 10.4. The van der Waals surface area contributed by atoms with Gasteiger partial charge in [0, 0.05) is 24.7 Å². The third-order valence-corrected chi connectivity index (χ3v) is 5.21. The molecule has 0 aromatic carbocycles. The van der Waals surface area contributed by atoms with Crippen molar-refractivity contribution in [3.8, 4) is 0 Å². The number of unbranched alkanes of at least 4 members (excludes halogenated alkanes) is 5. The molecule has 154 valence electrons. The normalized spacial score (nSPS) is 24.3. The van der Waals surface area contributed by atoms with Crippen molar-refractivity contribution in [1.29, 1.82) is 0 Å². The topological polar surface area (TPSA) is 94.8 Å². The molecule has 0 radical (unpaired) electrons. The highest BCUT2D eigenvalue weighted by molar-refractivity contribution is 5.84. The molecular weight excluding hydrogens is 344 g/mol. The van der Waals surface area contributed by atoms with Crippen molar-refractivity contribution >= 4 is 11.8 Å². The van der Waals surface area contributed by atoms with E-state index in [1.54, 1.807) is 6.08 Å². The van der Waals surface area contributed by atoms with Crippen LogP contribution in [0.25, 0.3) is 0 Å². The molecule has 5 heteroatoms. The van der Waals surface area contributed by atoms with E-state index in [4.69, 9.17) is 5.11 Å². The quantitative estimate of drug-likeness (QED) is 0.312. The monoisotopic (exact) mass is 380 g/mol. The Kier molecular flexibility index (Phi) is 11.9. The third kappa shape index (κ3) is 9.87. The van der Waals surface area contributed by atoms with Crippen molar-refractivity contribution in [3.63, 3.8) is 0 Å². The summed E-state index contributed by atoms with van der Waals surface area (Å²) in [6.07, 6.45) is 14.7.